The van der Waals surface area contributed by atoms with Gasteiger partial charge in [-0.1, -0.05) is 6.08 Å². The van der Waals surface area contributed by atoms with Gasteiger partial charge in [-0.25, -0.2) is 4.98 Å². The zero-order chi connectivity index (χ0) is 20.8. The van der Waals surface area contributed by atoms with E-state index in [4.69, 9.17) is 4.74 Å². The van der Waals surface area contributed by atoms with Crippen LogP contribution in [-0.4, -0.2) is 58.4 Å². The van der Waals surface area contributed by atoms with E-state index in [1.165, 1.54) is 13.3 Å². The van der Waals surface area contributed by atoms with Crippen LogP contribution in [0, 0.1) is 10.1 Å². The summed E-state index contributed by atoms with van der Waals surface area (Å²) in [5.41, 5.74) is 0.329. The molecular formula is C19H22N6O4. The van der Waals surface area contributed by atoms with E-state index in [9.17, 15) is 14.9 Å². The molecule has 152 valence electrons. The molecule has 1 aliphatic rings. The van der Waals surface area contributed by atoms with Gasteiger partial charge < -0.3 is 15.0 Å². The average molecular weight is 398 g/mol. The van der Waals surface area contributed by atoms with Gasteiger partial charge in [-0.15, -0.1) is 6.58 Å². The van der Waals surface area contributed by atoms with Gasteiger partial charge >= 0.3 is 11.6 Å². The minimum Gasteiger partial charge on any atom is -0.434 e. The van der Waals surface area contributed by atoms with Crippen molar-refractivity contribution in [3.8, 4) is 11.6 Å². The number of aromatic nitrogens is 2. The highest BCUT2D eigenvalue weighted by Gasteiger charge is 2.30. The Balaban J connectivity index is 1.81. The summed E-state index contributed by atoms with van der Waals surface area (Å²) in [5, 5.41) is 14.4. The molecule has 0 unspecified atom stereocenters. The minimum atomic E-state index is -0.521. The maximum absolute atomic E-state index is 11.8. The van der Waals surface area contributed by atoms with E-state index in [1.807, 2.05) is 11.0 Å². The van der Waals surface area contributed by atoms with Crippen molar-refractivity contribution in [2.24, 2.45) is 0 Å². The van der Waals surface area contributed by atoms with E-state index in [-0.39, 0.29) is 23.3 Å². The summed E-state index contributed by atoms with van der Waals surface area (Å²) in [6.07, 6.45) is 3.10. The predicted molar refractivity (Wildman–Crippen MR) is 108 cm³/mol. The first-order chi connectivity index (χ1) is 14.0. The summed E-state index contributed by atoms with van der Waals surface area (Å²) in [6.45, 7) is 8.66. The van der Waals surface area contributed by atoms with Crippen molar-refractivity contribution < 1.29 is 14.5 Å². The van der Waals surface area contributed by atoms with Crippen molar-refractivity contribution in [1.82, 2.24) is 14.9 Å². The SMILES string of the molecule is C=CCN1CCN(c2ncnc(Oc3ccc(NC(C)=O)cc3)c2[N+](=O)[O-])CC1. The number of ether oxygens (including phenoxy) is 1. The Kier molecular flexibility index (Phi) is 6.35. The lowest BCUT2D eigenvalue weighted by Crippen LogP contribution is -2.46. The van der Waals surface area contributed by atoms with Gasteiger partial charge in [0.25, 0.3) is 0 Å². The fraction of sp³-hybridized carbons (Fsp3) is 0.316. The monoisotopic (exact) mass is 398 g/mol. The largest absolute Gasteiger partial charge is 0.434 e. The van der Waals surface area contributed by atoms with Crippen molar-refractivity contribution in [1.29, 1.82) is 0 Å². The molecule has 0 aliphatic carbocycles. The maximum atomic E-state index is 11.8. The smallest absolute Gasteiger partial charge is 0.373 e. The van der Waals surface area contributed by atoms with Gasteiger partial charge in [-0.3, -0.25) is 19.8 Å². The van der Waals surface area contributed by atoms with Crippen LogP contribution in [0.2, 0.25) is 0 Å². The Labute approximate surface area is 168 Å². The molecule has 0 bridgehead atoms. The Morgan fingerprint density at radius 3 is 2.55 bits per heavy atom. The van der Waals surface area contributed by atoms with Crippen LogP contribution in [0.1, 0.15) is 6.92 Å². The molecule has 1 fully saturated rings. The third-order valence-electron chi connectivity index (χ3n) is 4.40. The number of hydrogen-bond acceptors (Lipinski definition) is 8. The summed E-state index contributed by atoms with van der Waals surface area (Å²) >= 11 is 0. The first-order valence-electron chi connectivity index (χ1n) is 9.11. The van der Waals surface area contributed by atoms with E-state index in [1.54, 1.807) is 24.3 Å². The number of nitrogens with zero attached hydrogens (tertiary/aromatic N) is 5. The van der Waals surface area contributed by atoms with Crippen molar-refractivity contribution in [3.05, 3.63) is 53.4 Å². The lowest BCUT2D eigenvalue weighted by Gasteiger charge is -2.34. The molecule has 1 saturated heterocycles. The van der Waals surface area contributed by atoms with E-state index in [0.29, 0.717) is 24.5 Å². The minimum absolute atomic E-state index is 0.124. The number of amides is 1. The third kappa shape index (κ3) is 5.05. The molecular weight excluding hydrogens is 376 g/mol. The number of benzene rings is 1. The molecule has 2 heterocycles. The van der Waals surface area contributed by atoms with Crippen LogP contribution in [0.4, 0.5) is 17.2 Å². The van der Waals surface area contributed by atoms with Crippen LogP contribution >= 0.6 is 0 Å². The first kappa shape index (κ1) is 20.2. The van der Waals surface area contributed by atoms with Crippen molar-refractivity contribution in [3.63, 3.8) is 0 Å². The summed E-state index contributed by atoms with van der Waals surface area (Å²) < 4.78 is 5.67. The normalized spacial score (nSPS) is 14.3. The lowest BCUT2D eigenvalue weighted by atomic mass is 10.3. The fourth-order valence-electron chi connectivity index (χ4n) is 3.07. The number of carbonyl (C=O) groups excluding carboxylic acids is 1. The summed E-state index contributed by atoms with van der Waals surface area (Å²) in [7, 11) is 0. The summed E-state index contributed by atoms with van der Waals surface area (Å²) in [5.74, 6) is 0.291. The highest BCUT2D eigenvalue weighted by molar-refractivity contribution is 5.88. The molecule has 1 aromatic carbocycles. The molecule has 10 heteroatoms. The molecule has 0 radical (unpaired) electrons. The first-order valence-corrected chi connectivity index (χ1v) is 9.11. The van der Waals surface area contributed by atoms with E-state index < -0.39 is 4.92 Å². The van der Waals surface area contributed by atoms with Crippen LogP contribution in [0.3, 0.4) is 0 Å². The molecule has 0 atom stereocenters. The highest BCUT2D eigenvalue weighted by atomic mass is 16.6. The Morgan fingerprint density at radius 1 is 1.28 bits per heavy atom. The molecule has 1 aliphatic heterocycles. The molecule has 29 heavy (non-hydrogen) atoms. The van der Waals surface area contributed by atoms with Crippen molar-refractivity contribution >= 4 is 23.1 Å². The zero-order valence-corrected chi connectivity index (χ0v) is 16.1. The Morgan fingerprint density at radius 2 is 1.97 bits per heavy atom. The van der Waals surface area contributed by atoms with Crippen LogP contribution in [0.25, 0.3) is 0 Å². The van der Waals surface area contributed by atoms with Crippen molar-refractivity contribution in [2.75, 3.05) is 42.9 Å². The van der Waals surface area contributed by atoms with Gasteiger partial charge in [0.15, 0.2) is 0 Å². The number of nitrogens with one attached hydrogen (secondary N) is 1. The molecule has 1 aromatic heterocycles. The van der Waals surface area contributed by atoms with E-state index in [2.05, 4.69) is 26.8 Å². The lowest BCUT2D eigenvalue weighted by molar-refractivity contribution is -0.385. The van der Waals surface area contributed by atoms with Gasteiger partial charge in [-0.05, 0) is 24.3 Å². The number of piperazine rings is 1. The van der Waals surface area contributed by atoms with Gasteiger partial charge in [0.2, 0.25) is 11.7 Å². The summed E-state index contributed by atoms with van der Waals surface area (Å²) in [4.78, 5) is 34.6. The summed E-state index contributed by atoms with van der Waals surface area (Å²) in [6, 6.07) is 6.49. The average Bonchev–Trinajstić information content (AvgIpc) is 2.69. The number of anilines is 2. The van der Waals surface area contributed by atoms with Crippen LogP contribution in [-0.2, 0) is 4.79 Å². The standard InChI is InChI=1S/C19H22N6O4/c1-3-8-23-9-11-24(12-10-23)18-17(25(27)28)19(21-13-20-18)29-16-6-4-15(5-7-16)22-14(2)26/h3-7,13H,1,8-12H2,2H3,(H,22,26). The fourth-order valence-corrected chi connectivity index (χ4v) is 3.07. The Bertz CT molecular complexity index is 894. The second kappa shape index (κ2) is 9.11. The predicted octanol–water partition coefficient (Wildman–Crippen LogP) is 2.44. The van der Waals surface area contributed by atoms with Crippen LogP contribution in [0.5, 0.6) is 11.6 Å². The Hall–Kier alpha value is -3.53. The number of hydrogen-bond donors (Lipinski definition) is 1. The zero-order valence-electron chi connectivity index (χ0n) is 16.1. The number of rotatable bonds is 7. The highest BCUT2D eigenvalue weighted by Crippen LogP contribution is 2.36. The third-order valence-corrected chi connectivity index (χ3v) is 4.40. The molecule has 2 aromatic rings. The van der Waals surface area contributed by atoms with E-state index in [0.717, 1.165) is 19.6 Å². The molecule has 0 saturated carbocycles. The molecule has 0 spiro atoms. The van der Waals surface area contributed by atoms with E-state index >= 15 is 0 Å². The second-order valence-electron chi connectivity index (χ2n) is 6.49. The molecule has 3 rings (SSSR count). The second-order valence-corrected chi connectivity index (χ2v) is 6.49. The van der Waals surface area contributed by atoms with Gasteiger partial charge in [0, 0.05) is 45.3 Å². The van der Waals surface area contributed by atoms with Gasteiger partial charge in [0.05, 0.1) is 4.92 Å². The van der Waals surface area contributed by atoms with Crippen LogP contribution < -0.4 is 15.0 Å². The van der Waals surface area contributed by atoms with Crippen LogP contribution in [0.15, 0.2) is 43.2 Å². The number of nitro groups is 1. The quantitative estimate of drug-likeness (QED) is 0.430. The van der Waals surface area contributed by atoms with Gasteiger partial charge in [-0.2, -0.15) is 4.98 Å². The molecule has 10 nitrogen and oxygen atoms in total. The van der Waals surface area contributed by atoms with Crippen molar-refractivity contribution in [2.45, 2.75) is 6.92 Å². The maximum Gasteiger partial charge on any atom is 0.373 e. The molecule has 1 amide bonds. The number of carbonyl (C=O) groups is 1. The molecule has 1 N–H and O–H groups in total. The topological polar surface area (TPSA) is 114 Å². The van der Waals surface area contributed by atoms with Gasteiger partial charge in [0.1, 0.15) is 12.1 Å².